The Hall–Kier alpha value is -2.18. The van der Waals surface area contributed by atoms with Crippen LogP contribution in [0.15, 0.2) is 12.1 Å². The van der Waals surface area contributed by atoms with Crippen LogP contribution < -0.4 is 5.32 Å². The number of nitrogens with one attached hydrogen (secondary N) is 1. The highest BCUT2D eigenvalue weighted by atomic mass is 19.1. The fourth-order valence-corrected chi connectivity index (χ4v) is 2.53. The Labute approximate surface area is 122 Å². The third-order valence-corrected chi connectivity index (χ3v) is 3.75. The molecule has 1 aliphatic heterocycles. The number of hydrogen-bond acceptors (Lipinski definition) is 4. The van der Waals surface area contributed by atoms with Gasteiger partial charge >= 0.3 is 0 Å². The lowest BCUT2D eigenvalue weighted by molar-refractivity contribution is -0.385. The van der Waals surface area contributed by atoms with Crippen LogP contribution in [-0.2, 0) is 0 Å². The zero-order valence-corrected chi connectivity index (χ0v) is 12.3. The fraction of sp³-hybridized carbons (Fsp3) is 0.500. The zero-order valence-electron chi connectivity index (χ0n) is 12.3. The minimum atomic E-state index is -0.748. The predicted molar refractivity (Wildman–Crippen MR) is 76.9 cm³/mol. The zero-order chi connectivity index (χ0) is 15.8. The molecule has 1 saturated heterocycles. The van der Waals surface area contributed by atoms with Crippen LogP contribution in [0.3, 0.4) is 0 Å². The summed E-state index contributed by atoms with van der Waals surface area (Å²) in [6.45, 7) is 5.17. The van der Waals surface area contributed by atoms with E-state index in [1.165, 1.54) is 13.1 Å². The molecule has 0 aromatic heterocycles. The number of benzene rings is 1. The molecule has 0 unspecified atom stereocenters. The topological polar surface area (TPSA) is 75.5 Å². The highest BCUT2D eigenvalue weighted by Gasteiger charge is 2.35. The molecule has 1 heterocycles. The van der Waals surface area contributed by atoms with Crippen molar-refractivity contribution in [2.24, 2.45) is 5.41 Å². The van der Waals surface area contributed by atoms with E-state index in [1.807, 2.05) is 13.8 Å². The molecule has 1 aromatic carbocycles. The van der Waals surface area contributed by atoms with Crippen molar-refractivity contribution < 1.29 is 14.1 Å². The third-order valence-electron chi connectivity index (χ3n) is 3.75. The normalized spacial score (nSPS) is 16.9. The van der Waals surface area contributed by atoms with Crippen LogP contribution in [0.5, 0.6) is 0 Å². The number of carbonyl (C=O) groups is 1. The maximum Gasteiger partial charge on any atom is 0.285 e. The summed E-state index contributed by atoms with van der Waals surface area (Å²) < 4.78 is 13.7. The van der Waals surface area contributed by atoms with Crippen LogP contribution in [0, 0.1) is 21.3 Å². The quantitative estimate of drug-likeness (QED) is 0.687. The summed E-state index contributed by atoms with van der Waals surface area (Å²) in [5.74, 6) is -1.17. The van der Waals surface area contributed by atoms with Crippen molar-refractivity contribution in [1.29, 1.82) is 0 Å². The standard InChI is InChI=1S/C14H18FN3O3/c1-14(2)4-5-17(8-14)13(19)9-6-11(16-3)10(15)7-12(9)18(20)21/h6-7,16H,4-5,8H2,1-3H3. The number of carbonyl (C=O) groups excluding carboxylic acids is 1. The Morgan fingerprint density at radius 2 is 2.14 bits per heavy atom. The van der Waals surface area contributed by atoms with Crippen LogP contribution in [0.1, 0.15) is 30.6 Å². The predicted octanol–water partition coefficient (Wildman–Crippen LogP) is 2.65. The lowest BCUT2D eigenvalue weighted by Crippen LogP contribution is -2.30. The molecule has 0 spiro atoms. The van der Waals surface area contributed by atoms with Gasteiger partial charge in [-0.2, -0.15) is 0 Å². The van der Waals surface area contributed by atoms with E-state index in [1.54, 1.807) is 4.90 Å². The van der Waals surface area contributed by atoms with Gasteiger partial charge in [0.05, 0.1) is 16.7 Å². The van der Waals surface area contributed by atoms with Crippen molar-refractivity contribution in [2.75, 3.05) is 25.5 Å². The second-order valence-corrected chi connectivity index (χ2v) is 6.00. The first-order valence-corrected chi connectivity index (χ1v) is 6.70. The van der Waals surface area contributed by atoms with E-state index < -0.39 is 22.3 Å². The summed E-state index contributed by atoms with van der Waals surface area (Å²) in [5, 5.41) is 13.7. The van der Waals surface area contributed by atoms with Gasteiger partial charge in [-0.15, -0.1) is 0 Å². The number of anilines is 1. The number of nitrogens with zero attached hydrogens (tertiary/aromatic N) is 2. The molecule has 1 amide bonds. The first kappa shape index (κ1) is 15.2. The molecule has 7 heteroatoms. The Kier molecular flexibility index (Phi) is 3.85. The van der Waals surface area contributed by atoms with Gasteiger partial charge in [-0.1, -0.05) is 13.8 Å². The van der Waals surface area contributed by atoms with Gasteiger partial charge < -0.3 is 10.2 Å². The van der Waals surface area contributed by atoms with Crippen molar-refractivity contribution in [3.63, 3.8) is 0 Å². The van der Waals surface area contributed by atoms with Crippen molar-refractivity contribution in [2.45, 2.75) is 20.3 Å². The van der Waals surface area contributed by atoms with Crippen molar-refractivity contribution in [1.82, 2.24) is 4.90 Å². The van der Waals surface area contributed by atoms with Gasteiger partial charge in [-0.05, 0) is 17.9 Å². The molecule has 114 valence electrons. The van der Waals surface area contributed by atoms with Crippen LogP contribution in [0.4, 0.5) is 15.8 Å². The average molecular weight is 295 g/mol. The van der Waals surface area contributed by atoms with E-state index in [2.05, 4.69) is 5.32 Å². The molecule has 0 bridgehead atoms. The molecule has 0 radical (unpaired) electrons. The Morgan fingerprint density at radius 1 is 1.48 bits per heavy atom. The van der Waals surface area contributed by atoms with Crippen LogP contribution in [0.25, 0.3) is 0 Å². The lowest BCUT2D eigenvalue weighted by atomic mass is 9.93. The Morgan fingerprint density at radius 3 is 2.62 bits per heavy atom. The Balaban J connectivity index is 2.42. The summed E-state index contributed by atoms with van der Waals surface area (Å²) in [7, 11) is 1.50. The van der Waals surface area contributed by atoms with Crippen LogP contribution in [0.2, 0.25) is 0 Å². The number of hydrogen-bond donors (Lipinski definition) is 1. The average Bonchev–Trinajstić information content (AvgIpc) is 2.77. The van der Waals surface area contributed by atoms with Gasteiger partial charge in [0.25, 0.3) is 11.6 Å². The number of rotatable bonds is 3. The number of nitro benzene ring substituents is 1. The number of amides is 1. The van der Waals surface area contributed by atoms with Crippen molar-refractivity contribution in [3.8, 4) is 0 Å². The molecule has 0 aliphatic carbocycles. The van der Waals surface area contributed by atoms with E-state index in [4.69, 9.17) is 0 Å². The molecule has 0 atom stereocenters. The van der Waals surface area contributed by atoms with E-state index in [-0.39, 0.29) is 16.7 Å². The SMILES string of the molecule is CNc1cc(C(=O)N2CCC(C)(C)C2)c([N+](=O)[O-])cc1F. The molecular weight excluding hydrogens is 277 g/mol. The first-order chi connectivity index (χ1) is 9.75. The summed E-state index contributed by atoms with van der Waals surface area (Å²) in [5.41, 5.74) is -0.511. The lowest BCUT2D eigenvalue weighted by Gasteiger charge is -2.20. The molecular formula is C14H18FN3O3. The van der Waals surface area contributed by atoms with Gasteiger partial charge in [0, 0.05) is 20.1 Å². The minimum Gasteiger partial charge on any atom is -0.386 e. The van der Waals surface area contributed by atoms with Crippen LogP contribution >= 0.6 is 0 Å². The number of likely N-dealkylation sites (tertiary alicyclic amines) is 1. The van der Waals surface area contributed by atoms with Gasteiger partial charge in [0.15, 0.2) is 5.82 Å². The van der Waals surface area contributed by atoms with Crippen molar-refractivity contribution >= 4 is 17.3 Å². The number of halogens is 1. The minimum absolute atomic E-state index is 0.00366. The molecule has 1 aromatic rings. The van der Waals surface area contributed by atoms with E-state index in [0.717, 1.165) is 12.5 Å². The maximum absolute atomic E-state index is 13.7. The molecule has 1 fully saturated rings. The molecule has 21 heavy (non-hydrogen) atoms. The Bertz CT molecular complexity index is 601. The smallest absolute Gasteiger partial charge is 0.285 e. The largest absolute Gasteiger partial charge is 0.386 e. The van der Waals surface area contributed by atoms with Gasteiger partial charge in [0.1, 0.15) is 5.56 Å². The molecule has 0 saturated carbocycles. The second kappa shape index (κ2) is 5.31. The van der Waals surface area contributed by atoms with Crippen molar-refractivity contribution in [3.05, 3.63) is 33.6 Å². The van der Waals surface area contributed by atoms with E-state index >= 15 is 0 Å². The summed E-state index contributed by atoms with van der Waals surface area (Å²) in [4.78, 5) is 24.4. The maximum atomic E-state index is 13.7. The van der Waals surface area contributed by atoms with Crippen LogP contribution in [-0.4, -0.2) is 35.9 Å². The van der Waals surface area contributed by atoms with Gasteiger partial charge in [-0.25, -0.2) is 4.39 Å². The molecule has 2 rings (SSSR count). The second-order valence-electron chi connectivity index (χ2n) is 6.00. The molecule has 6 nitrogen and oxygen atoms in total. The van der Waals surface area contributed by atoms with E-state index in [0.29, 0.717) is 13.1 Å². The molecule has 1 aliphatic rings. The summed E-state index contributed by atoms with van der Waals surface area (Å²) in [6, 6.07) is 2.00. The first-order valence-electron chi connectivity index (χ1n) is 6.70. The highest BCUT2D eigenvalue weighted by Crippen LogP contribution is 2.32. The summed E-state index contributed by atoms with van der Waals surface area (Å²) >= 11 is 0. The van der Waals surface area contributed by atoms with E-state index in [9.17, 15) is 19.3 Å². The third kappa shape index (κ3) is 2.96. The monoisotopic (exact) mass is 295 g/mol. The fourth-order valence-electron chi connectivity index (χ4n) is 2.53. The van der Waals surface area contributed by atoms with Gasteiger partial charge in [0.2, 0.25) is 0 Å². The van der Waals surface area contributed by atoms with Gasteiger partial charge in [-0.3, -0.25) is 14.9 Å². The highest BCUT2D eigenvalue weighted by molar-refractivity contribution is 5.99. The number of nitro groups is 1. The summed E-state index contributed by atoms with van der Waals surface area (Å²) in [6.07, 6.45) is 0.840. The molecule has 1 N–H and O–H groups in total.